The molecule has 1 atom stereocenters. The third kappa shape index (κ3) is 9.84. The van der Waals surface area contributed by atoms with E-state index in [9.17, 15) is 0 Å². The molecule has 0 bridgehead atoms. The van der Waals surface area contributed by atoms with E-state index in [4.69, 9.17) is 5.11 Å². The van der Waals surface area contributed by atoms with Gasteiger partial charge in [0.2, 0.25) is 0 Å². The maximum Gasteiger partial charge on any atom is 0.0445 e. The first-order valence-corrected chi connectivity index (χ1v) is 5.65. The molecule has 0 aromatic rings. The topological polar surface area (TPSA) is 32.3 Å². The minimum Gasteiger partial charge on any atom is -0.396 e. The van der Waals surface area contributed by atoms with Gasteiger partial charge in [-0.25, -0.2) is 0 Å². The van der Waals surface area contributed by atoms with Crippen LogP contribution in [0.4, 0.5) is 0 Å². The maximum atomic E-state index is 8.67. The molecule has 0 saturated heterocycles. The largest absolute Gasteiger partial charge is 0.396 e. The van der Waals surface area contributed by atoms with Crippen LogP contribution in [-0.2, 0) is 0 Å². The second-order valence-electron chi connectivity index (χ2n) is 3.78. The molecule has 0 radical (unpaired) electrons. The van der Waals surface area contributed by atoms with E-state index in [1.807, 2.05) is 0 Å². The lowest BCUT2D eigenvalue weighted by molar-refractivity contribution is 0.269. The maximum absolute atomic E-state index is 8.67. The van der Waals surface area contributed by atoms with Crippen LogP contribution in [0.2, 0.25) is 0 Å². The molecule has 2 heteroatoms. The van der Waals surface area contributed by atoms with Crippen LogP contribution in [0.3, 0.4) is 0 Å². The molecular formula is C11H25NO. The number of hydrogen-bond acceptors (Lipinski definition) is 2. The average molecular weight is 187 g/mol. The zero-order chi connectivity index (χ0) is 9.94. The fraction of sp³-hybridized carbons (Fsp3) is 1.00. The van der Waals surface area contributed by atoms with Gasteiger partial charge in [0.15, 0.2) is 0 Å². The average Bonchev–Trinajstić information content (AvgIpc) is 2.11. The molecule has 0 aliphatic rings. The summed E-state index contributed by atoms with van der Waals surface area (Å²) in [4.78, 5) is 0. The standard InChI is InChI=1S/C11H25NO/c1-3-4-5-6-7-9-12-11(2)8-10-13/h11-13H,3-10H2,1-2H3. The Bertz CT molecular complexity index is 96.1. The highest BCUT2D eigenvalue weighted by Crippen LogP contribution is 2.01. The fourth-order valence-corrected chi connectivity index (χ4v) is 1.37. The van der Waals surface area contributed by atoms with Crippen LogP contribution in [-0.4, -0.2) is 24.3 Å². The highest BCUT2D eigenvalue weighted by molar-refractivity contribution is 4.59. The van der Waals surface area contributed by atoms with E-state index >= 15 is 0 Å². The molecule has 80 valence electrons. The van der Waals surface area contributed by atoms with E-state index in [1.54, 1.807) is 0 Å². The number of hydrogen-bond donors (Lipinski definition) is 2. The Labute approximate surface area is 82.7 Å². The van der Waals surface area contributed by atoms with Crippen molar-refractivity contribution < 1.29 is 5.11 Å². The monoisotopic (exact) mass is 187 g/mol. The smallest absolute Gasteiger partial charge is 0.0445 e. The van der Waals surface area contributed by atoms with Gasteiger partial charge in [0, 0.05) is 12.6 Å². The van der Waals surface area contributed by atoms with Crippen molar-refractivity contribution in [1.29, 1.82) is 0 Å². The SMILES string of the molecule is CCCCCCCNC(C)CCO. The van der Waals surface area contributed by atoms with Crippen LogP contribution in [0.5, 0.6) is 0 Å². The van der Waals surface area contributed by atoms with Gasteiger partial charge in [0.1, 0.15) is 0 Å². The summed E-state index contributed by atoms with van der Waals surface area (Å²) in [6.07, 6.45) is 7.53. The molecule has 0 saturated carbocycles. The van der Waals surface area contributed by atoms with Crippen molar-refractivity contribution in [3.8, 4) is 0 Å². The number of unbranched alkanes of at least 4 members (excludes halogenated alkanes) is 4. The van der Waals surface area contributed by atoms with E-state index in [1.165, 1.54) is 32.1 Å². The third-order valence-corrected chi connectivity index (χ3v) is 2.34. The Hall–Kier alpha value is -0.0800. The second-order valence-corrected chi connectivity index (χ2v) is 3.78. The molecule has 0 amide bonds. The Morgan fingerprint density at radius 3 is 2.46 bits per heavy atom. The van der Waals surface area contributed by atoms with E-state index in [0.717, 1.165) is 13.0 Å². The Kier molecular flexibility index (Phi) is 9.94. The summed E-state index contributed by atoms with van der Waals surface area (Å²) >= 11 is 0. The van der Waals surface area contributed by atoms with Gasteiger partial charge in [0.05, 0.1) is 0 Å². The number of aliphatic hydroxyl groups excluding tert-OH is 1. The summed E-state index contributed by atoms with van der Waals surface area (Å²) < 4.78 is 0. The Morgan fingerprint density at radius 2 is 1.85 bits per heavy atom. The summed E-state index contributed by atoms with van der Waals surface area (Å²) in [6.45, 7) is 5.76. The highest BCUT2D eigenvalue weighted by Gasteiger charge is 1.98. The molecule has 2 N–H and O–H groups in total. The van der Waals surface area contributed by atoms with Crippen LogP contribution in [0.25, 0.3) is 0 Å². The Morgan fingerprint density at radius 1 is 1.15 bits per heavy atom. The lowest BCUT2D eigenvalue weighted by Gasteiger charge is -2.11. The van der Waals surface area contributed by atoms with Gasteiger partial charge in [-0.3, -0.25) is 0 Å². The van der Waals surface area contributed by atoms with E-state index in [2.05, 4.69) is 19.2 Å². The van der Waals surface area contributed by atoms with Crippen molar-refractivity contribution in [1.82, 2.24) is 5.32 Å². The van der Waals surface area contributed by atoms with Gasteiger partial charge in [-0.05, 0) is 26.3 Å². The number of aliphatic hydroxyl groups is 1. The molecular weight excluding hydrogens is 162 g/mol. The lowest BCUT2D eigenvalue weighted by atomic mass is 10.1. The molecule has 0 rings (SSSR count). The first-order chi connectivity index (χ1) is 6.31. The molecule has 2 nitrogen and oxygen atoms in total. The molecule has 0 fully saturated rings. The zero-order valence-corrected chi connectivity index (χ0v) is 9.18. The predicted molar refractivity (Wildman–Crippen MR) is 57.9 cm³/mol. The minimum absolute atomic E-state index is 0.296. The first kappa shape index (κ1) is 12.9. The Balaban J connectivity index is 2.97. The summed E-state index contributed by atoms with van der Waals surface area (Å²) in [6, 6.07) is 0.469. The van der Waals surface area contributed by atoms with Crippen molar-refractivity contribution in [2.24, 2.45) is 0 Å². The van der Waals surface area contributed by atoms with Crippen LogP contribution in [0.15, 0.2) is 0 Å². The first-order valence-electron chi connectivity index (χ1n) is 5.65. The van der Waals surface area contributed by atoms with Crippen molar-refractivity contribution in [3.63, 3.8) is 0 Å². The van der Waals surface area contributed by atoms with E-state index in [0.29, 0.717) is 12.6 Å². The van der Waals surface area contributed by atoms with Crippen molar-refractivity contribution in [2.75, 3.05) is 13.2 Å². The molecule has 0 aromatic carbocycles. The second kappa shape index (κ2) is 10.0. The number of nitrogens with one attached hydrogen (secondary N) is 1. The highest BCUT2D eigenvalue weighted by atomic mass is 16.3. The molecule has 0 aliphatic carbocycles. The number of rotatable bonds is 9. The van der Waals surface area contributed by atoms with Gasteiger partial charge < -0.3 is 10.4 Å². The van der Waals surface area contributed by atoms with Gasteiger partial charge in [-0.15, -0.1) is 0 Å². The molecule has 0 heterocycles. The van der Waals surface area contributed by atoms with Gasteiger partial charge in [0.25, 0.3) is 0 Å². The lowest BCUT2D eigenvalue weighted by Crippen LogP contribution is -2.27. The zero-order valence-electron chi connectivity index (χ0n) is 9.18. The van der Waals surface area contributed by atoms with E-state index < -0.39 is 0 Å². The summed E-state index contributed by atoms with van der Waals surface area (Å²) in [5.41, 5.74) is 0. The predicted octanol–water partition coefficient (Wildman–Crippen LogP) is 2.32. The van der Waals surface area contributed by atoms with Gasteiger partial charge in [-0.2, -0.15) is 0 Å². The molecule has 13 heavy (non-hydrogen) atoms. The molecule has 0 aromatic heterocycles. The van der Waals surface area contributed by atoms with Crippen LogP contribution >= 0.6 is 0 Å². The van der Waals surface area contributed by atoms with Crippen molar-refractivity contribution in [3.05, 3.63) is 0 Å². The van der Waals surface area contributed by atoms with Gasteiger partial charge in [-0.1, -0.05) is 32.6 Å². The van der Waals surface area contributed by atoms with Crippen molar-refractivity contribution in [2.45, 2.75) is 58.4 Å². The molecule has 0 spiro atoms. The minimum atomic E-state index is 0.296. The summed E-state index contributed by atoms with van der Waals surface area (Å²) in [7, 11) is 0. The van der Waals surface area contributed by atoms with Crippen LogP contribution in [0, 0.1) is 0 Å². The van der Waals surface area contributed by atoms with Crippen LogP contribution < -0.4 is 5.32 Å². The van der Waals surface area contributed by atoms with Crippen LogP contribution in [0.1, 0.15) is 52.4 Å². The summed E-state index contributed by atoms with van der Waals surface area (Å²) in [5, 5.41) is 12.1. The normalized spacial score (nSPS) is 13.2. The van der Waals surface area contributed by atoms with E-state index in [-0.39, 0.29) is 0 Å². The quantitative estimate of drug-likeness (QED) is 0.543. The fourth-order valence-electron chi connectivity index (χ4n) is 1.37. The molecule has 0 aliphatic heterocycles. The third-order valence-electron chi connectivity index (χ3n) is 2.34. The molecule has 1 unspecified atom stereocenters. The van der Waals surface area contributed by atoms with Crippen molar-refractivity contribution >= 4 is 0 Å². The summed E-state index contributed by atoms with van der Waals surface area (Å²) in [5.74, 6) is 0. The van der Waals surface area contributed by atoms with Gasteiger partial charge >= 0.3 is 0 Å².